The van der Waals surface area contributed by atoms with Crippen LogP contribution in [0.3, 0.4) is 0 Å². The summed E-state index contributed by atoms with van der Waals surface area (Å²) in [5.41, 5.74) is 0.782. The van der Waals surface area contributed by atoms with Crippen molar-refractivity contribution in [2.75, 3.05) is 6.54 Å². The van der Waals surface area contributed by atoms with E-state index in [9.17, 15) is 4.39 Å². The highest BCUT2D eigenvalue weighted by Gasteiger charge is 2.20. The van der Waals surface area contributed by atoms with Crippen LogP contribution in [0.2, 0.25) is 0 Å². The summed E-state index contributed by atoms with van der Waals surface area (Å²) in [5, 5.41) is 3.47. The second-order valence-corrected chi connectivity index (χ2v) is 5.17. The molecule has 1 saturated heterocycles. The molecular weight excluding hydrogens is 201 g/mol. The first-order valence-corrected chi connectivity index (χ1v) is 6.07. The highest BCUT2D eigenvalue weighted by atomic mass is 19.1. The van der Waals surface area contributed by atoms with E-state index in [1.807, 2.05) is 18.2 Å². The van der Waals surface area contributed by atoms with Gasteiger partial charge in [-0.3, -0.25) is 0 Å². The van der Waals surface area contributed by atoms with Crippen molar-refractivity contribution in [3.8, 4) is 0 Å². The van der Waals surface area contributed by atoms with Gasteiger partial charge in [0.2, 0.25) is 0 Å². The fourth-order valence-corrected chi connectivity index (χ4v) is 2.28. The summed E-state index contributed by atoms with van der Waals surface area (Å²) in [5.74, 6) is 0. The number of hydrogen-bond donors (Lipinski definition) is 1. The third kappa shape index (κ3) is 2.82. The standard InChI is InChI=1S/C14H20FN/c1-14(2,15)12-6-3-5-11(9-12)10-13-7-4-8-16-13/h3,5-6,9,13,16H,4,7-8,10H2,1-2H3. The van der Waals surface area contributed by atoms with Gasteiger partial charge >= 0.3 is 0 Å². The van der Waals surface area contributed by atoms with Crippen LogP contribution in [0.4, 0.5) is 4.39 Å². The Labute approximate surface area is 97.1 Å². The molecule has 1 aromatic rings. The molecule has 1 aromatic carbocycles. The average Bonchev–Trinajstić information content (AvgIpc) is 2.70. The molecule has 0 aliphatic carbocycles. The van der Waals surface area contributed by atoms with Gasteiger partial charge in [0, 0.05) is 6.04 Å². The van der Waals surface area contributed by atoms with Gasteiger partial charge in [0.1, 0.15) is 5.67 Å². The summed E-state index contributed by atoms with van der Waals surface area (Å²) in [4.78, 5) is 0. The Balaban J connectivity index is 2.09. The van der Waals surface area contributed by atoms with Crippen LogP contribution in [0.5, 0.6) is 0 Å². The van der Waals surface area contributed by atoms with Crippen LogP contribution >= 0.6 is 0 Å². The van der Waals surface area contributed by atoms with Crippen molar-refractivity contribution < 1.29 is 4.39 Å². The minimum Gasteiger partial charge on any atom is -0.314 e. The lowest BCUT2D eigenvalue weighted by atomic mass is 9.95. The molecule has 1 atom stereocenters. The maximum atomic E-state index is 13.8. The Morgan fingerprint density at radius 3 is 2.88 bits per heavy atom. The van der Waals surface area contributed by atoms with Gasteiger partial charge in [-0.1, -0.05) is 24.3 Å². The van der Waals surface area contributed by atoms with Gasteiger partial charge in [0.15, 0.2) is 0 Å². The summed E-state index contributed by atoms with van der Waals surface area (Å²) in [6, 6.07) is 8.50. The van der Waals surface area contributed by atoms with Crippen molar-refractivity contribution in [2.24, 2.45) is 0 Å². The summed E-state index contributed by atoms with van der Waals surface area (Å²) in [7, 11) is 0. The molecule has 16 heavy (non-hydrogen) atoms. The molecule has 1 N–H and O–H groups in total. The normalized spacial score (nSPS) is 21.3. The van der Waals surface area contributed by atoms with Gasteiger partial charge in [-0.2, -0.15) is 0 Å². The minimum absolute atomic E-state index is 0.581. The fraction of sp³-hybridized carbons (Fsp3) is 0.571. The fourth-order valence-electron chi connectivity index (χ4n) is 2.28. The first kappa shape index (κ1) is 11.6. The Morgan fingerprint density at radius 1 is 1.44 bits per heavy atom. The third-order valence-electron chi connectivity index (χ3n) is 3.26. The highest BCUT2D eigenvalue weighted by Crippen LogP contribution is 2.25. The van der Waals surface area contributed by atoms with Crippen LogP contribution in [0.25, 0.3) is 0 Å². The second-order valence-electron chi connectivity index (χ2n) is 5.17. The van der Waals surface area contributed by atoms with E-state index in [2.05, 4.69) is 11.4 Å². The second kappa shape index (κ2) is 4.54. The first-order chi connectivity index (χ1) is 7.55. The van der Waals surface area contributed by atoms with E-state index >= 15 is 0 Å². The number of rotatable bonds is 3. The molecule has 1 heterocycles. The number of halogens is 1. The van der Waals surface area contributed by atoms with E-state index in [0.717, 1.165) is 18.5 Å². The summed E-state index contributed by atoms with van der Waals surface area (Å²) >= 11 is 0. The molecule has 88 valence electrons. The molecule has 0 aromatic heterocycles. The Kier molecular flexibility index (Phi) is 3.29. The van der Waals surface area contributed by atoms with Crippen molar-refractivity contribution in [1.29, 1.82) is 0 Å². The lowest BCUT2D eigenvalue weighted by Crippen LogP contribution is -2.23. The van der Waals surface area contributed by atoms with E-state index in [4.69, 9.17) is 0 Å². The molecular formula is C14H20FN. The molecule has 2 heteroatoms. The van der Waals surface area contributed by atoms with Gasteiger partial charge in [0.05, 0.1) is 0 Å². The van der Waals surface area contributed by atoms with E-state index in [1.54, 1.807) is 13.8 Å². The zero-order valence-electron chi connectivity index (χ0n) is 10.1. The van der Waals surface area contributed by atoms with Crippen LogP contribution in [0.15, 0.2) is 24.3 Å². The van der Waals surface area contributed by atoms with Gasteiger partial charge in [-0.15, -0.1) is 0 Å². The lowest BCUT2D eigenvalue weighted by Gasteiger charge is -2.17. The molecule has 2 rings (SSSR count). The van der Waals surface area contributed by atoms with Crippen LogP contribution in [-0.4, -0.2) is 12.6 Å². The minimum atomic E-state index is -1.24. The molecule has 1 aliphatic heterocycles. The van der Waals surface area contributed by atoms with Gasteiger partial charge in [-0.05, 0) is 50.8 Å². The molecule has 0 bridgehead atoms. The number of nitrogens with one attached hydrogen (secondary N) is 1. The first-order valence-electron chi connectivity index (χ1n) is 6.07. The SMILES string of the molecule is CC(C)(F)c1cccc(CC2CCCN2)c1. The van der Waals surface area contributed by atoms with E-state index < -0.39 is 5.67 Å². The Hall–Kier alpha value is -0.890. The monoisotopic (exact) mass is 221 g/mol. The lowest BCUT2D eigenvalue weighted by molar-refractivity contribution is 0.221. The number of alkyl halides is 1. The predicted molar refractivity (Wildman–Crippen MR) is 65.3 cm³/mol. The Bertz CT molecular complexity index is 348. The van der Waals surface area contributed by atoms with Gasteiger partial charge < -0.3 is 5.32 Å². The van der Waals surface area contributed by atoms with Crippen molar-refractivity contribution in [3.05, 3.63) is 35.4 Å². The smallest absolute Gasteiger partial charge is 0.130 e. The maximum Gasteiger partial charge on any atom is 0.130 e. The predicted octanol–water partition coefficient (Wildman–Crippen LogP) is 3.19. The number of benzene rings is 1. The Morgan fingerprint density at radius 2 is 2.25 bits per heavy atom. The summed E-state index contributed by atoms with van der Waals surface area (Å²) in [6.45, 7) is 4.35. The van der Waals surface area contributed by atoms with Crippen molar-refractivity contribution in [3.63, 3.8) is 0 Å². The molecule has 0 amide bonds. The van der Waals surface area contributed by atoms with Gasteiger partial charge in [0.25, 0.3) is 0 Å². The van der Waals surface area contributed by atoms with Crippen molar-refractivity contribution in [1.82, 2.24) is 5.32 Å². The molecule has 0 spiro atoms. The molecule has 1 unspecified atom stereocenters. The van der Waals surface area contributed by atoms with Crippen molar-refractivity contribution in [2.45, 2.75) is 44.8 Å². The quantitative estimate of drug-likeness (QED) is 0.826. The third-order valence-corrected chi connectivity index (χ3v) is 3.26. The van der Waals surface area contributed by atoms with Crippen LogP contribution in [0.1, 0.15) is 37.8 Å². The van der Waals surface area contributed by atoms with Crippen LogP contribution < -0.4 is 5.32 Å². The van der Waals surface area contributed by atoms with Gasteiger partial charge in [-0.25, -0.2) is 4.39 Å². The van der Waals surface area contributed by atoms with E-state index in [1.165, 1.54) is 18.4 Å². The van der Waals surface area contributed by atoms with Crippen LogP contribution in [-0.2, 0) is 12.1 Å². The molecule has 1 nitrogen and oxygen atoms in total. The van der Waals surface area contributed by atoms with Crippen molar-refractivity contribution >= 4 is 0 Å². The maximum absolute atomic E-state index is 13.8. The summed E-state index contributed by atoms with van der Waals surface area (Å²) < 4.78 is 13.8. The zero-order valence-corrected chi connectivity index (χ0v) is 10.1. The molecule has 1 fully saturated rings. The molecule has 1 aliphatic rings. The zero-order chi connectivity index (χ0) is 11.6. The largest absolute Gasteiger partial charge is 0.314 e. The molecule has 0 radical (unpaired) electrons. The topological polar surface area (TPSA) is 12.0 Å². The highest BCUT2D eigenvalue weighted by molar-refractivity contribution is 5.28. The summed E-state index contributed by atoms with van der Waals surface area (Å²) in [6.07, 6.45) is 3.52. The molecule has 0 saturated carbocycles. The number of hydrogen-bond acceptors (Lipinski definition) is 1. The van der Waals surface area contributed by atoms with E-state index in [0.29, 0.717) is 6.04 Å². The average molecular weight is 221 g/mol. The van der Waals surface area contributed by atoms with E-state index in [-0.39, 0.29) is 0 Å². The van der Waals surface area contributed by atoms with Crippen LogP contribution in [0, 0.1) is 0 Å².